The van der Waals surface area contributed by atoms with Crippen molar-refractivity contribution in [2.24, 2.45) is 5.92 Å². The minimum Gasteiger partial charge on any atom is -0.352 e. The lowest BCUT2D eigenvalue weighted by Crippen LogP contribution is -2.49. The standard InChI is InChI=1S/C23H35N3O2/c1-4-21(16-25-9-5-6-10-25)24-22(27)19-8-7-11-26(15-19)23(28)20-13-17(2)12-18(3)14-20/h12-14,19,21H,4-11,15-16H2,1-3H3,(H,24,27)/t19-,21-/m1/s1. The number of carbonyl (C=O) groups excluding carboxylic acids is 2. The molecule has 0 radical (unpaired) electrons. The summed E-state index contributed by atoms with van der Waals surface area (Å²) < 4.78 is 0. The second-order valence-electron chi connectivity index (χ2n) is 8.59. The van der Waals surface area contributed by atoms with Crippen molar-refractivity contribution in [2.45, 2.75) is 58.9 Å². The highest BCUT2D eigenvalue weighted by atomic mass is 16.2. The Bertz CT molecular complexity index is 677. The van der Waals surface area contributed by atoms with Crippen LogP contribution in [0, 0.1) is 19.8 Å². The van der Waals surface area contributed by atoms with Gasteiger partial charge in [-0.25, -0.2) is 0 Å². The number of rotatable bonds is 6. The van der Waals surface area contributed by atoms with Gasteiger partial charge in [-0.1, -0.05) is 24.1 Å². The van der Waals surface area contributed by atoms with E-state index in [1.165, 1.54) is 12.8 Å². The molecule has 0 saturated carbocycles. The van der Waals surface area contributed by atoms with Gasteiger partial charge < -0.3 is 15.1 Å². The van der Waals surface area contributed by atoms with Gasteiger partial charge in [0.15, 0.2) is 0 Å². The lowest BCUT2D eigenvalue weighted by molar-refractivity contribution is -0.127. The van der Waals surface area contributed by atoms with Gasteiger partial charge >= 0.3 is 0 Å². The highest BCUT2D eigenvalue weighted by Gasteiger charge is 2.30. The Morgan fingerprint density at radius 2 is 1.75 bits per heavy atom. The Balaban J connectivity index is 1.58. The molecule has 0 aromatic heterocycles. The quantitative estimate of drug-likeness (QED) is 0.818. The van der Waals surface area contributed by atoms with E-state index in [1.54, 1.807) is 0 Å². The summed E-state index contributed by atoms with van der Waals surface area (Å²) in [5.41, 5.74) is 2.93. The molecule has 0 unspecified atom stereocenters. The molecule has 28 heavy (non-hydrogen) atoms. The summed E-state index contributed by atoms with van der Waals surface area (Å²) in [7, 11) is 0. The Morgan fingerprint density at radius 1 is 1.07 bits per heavy atom. The molecule has 3 rings (SSSR count). The van der Waals surface area contributed by atoms with E-state index >= 15 is 0 Å². The van der Waals surface area contributed by atoms with E-state index in [0.29, 0.717) is 6.54 Å². The number of nitrogens with one attached hydrogen (secondary N) is 1. The van der Waals surface area contributed by atoms with Crippen LogP contribution in [-0.2, 0) is 4.79 Å². The summed E-state index contributed by atoms with van der Waals surface area (Å²) >= 11 is 0. The third kappa shape index (κ3) is 5.34. The van der Waals surface area contributed by atoms with Crippen molar-refractivity contribution in [1.29, 1.82) is 0 Å². The number of carbonyl (C=O) groups is 2. The van der Waals surface area contributed by atoms with Gasteiger partial charge in [-0.15, -0.1) is 0 Å². The molecule has 1 aromatic carbocycles. The predicted molar refractivity (Wildman–Crippen MR) is 112 cm³/mol. The van der Waals surface area contributed by atoms with E-state index in [2.05, 4.69) is 23.2 Å². The van der Waals surface area contributed by atoms with Gasteiger partial charge in [0, 0.05) is 31.2 Å². The zero-order valence-corrected chi connectivity index (χ0v) is 17.7. The van der Waals surface area contributed by atoms with Gasteiger partial charge in [-0.3, -0.25) is 9.59 Å². The molecule has 2 heterocycles. The molecule has 2 aliphatic rings. The number of likely N-dealkylation sites (tertiary alicyclic amines) is 2. The number of hydrogen-bond acceptors (Lipinski definition) is 3. The van der Waals surface area contributed by atoms with Crippen LogP contribution < -0.4 is 5.32 Å². The van der Waals surface area contributed by atoms with Crippen molar-refractivity contribution < 1.29 is 9.59 Å². The maximum Gasteiger partial charge on any atom is 0.253 e. The molecule has 5 nitrogen and oxygen atoms in total. The molecule has 5 heteroatoms. The van der Waals surface area contributed by atoms with E-state index in [4.69, 9.17) is 0 Å². The first kappa shape index (κ1) is 20.8. The first-order valence-corrected chi connectivity index (χ1v) is 10.9. The highest BCUT2D eigenvalue weighted by Crippen LogP contribution is 2.20. The monoisotopic (exact) mass is 385 g/mol. The van der Waals surface area contributed by atoms with Gasteiger partial charge in [0.2, 0.25) is 5.91 Å². The van der Waals surface area contributed by atoms with E-state index in [0.717, 1.165) is 62.1 Å². The minimum absolute atomic E-state index is 0.0495. The number of benzene rings is 1. The van der Waals surface area contributed by atoms with Gasteiger partial charge in [0.25, 0.3) is 5.91 Å². The summed E-state index contributed by atoms with van der Waals surface area (Å²) in [4.78, 5) is 30.2. The molecule has 0 spiro atoms. The maximum atomic E-state index is 13.0. The van der Waals surface area contributed by atoms with Crippen LogP contribution in [0.2, 0.25) is 0 Å². The van der Waals surface area contributed by atoms with Gasteiger partial charge in [0.1, 0.15) is 0 Å². The second-order valence-corrected chi connectivity index (χ2v) is 8.59. The number of amides is 2. The fourth-order valence-corrected chi connectivity index (χ4v) is 4.53. The van der Waals surface area contributed by atoms with Gasteiger partial charge in [-0.05, 0) is 71.2 Å². The lowest BCUT2D eigenvalue weighted by atomic mass is 9.95. The van der Waals surface area contributed by atoms with Crippen LogP contribution in [0.1, 0.15) is 60.5 Å². The summed E-state index contributed by atoms with van der Waals surface area (Å²) in [6, 6.07) is 6.18. The maximum absolute atomic E-state index is 13.0. The smallest absolute Gasteiger partial charge is 0.253 e. The SMILES string of the molecule is CC[C@H](CN1CCCC1)NC(=O)[C@@H]1CCCN(C(=O)c2cc(C)cc(C)c2)C1. The van der Waals surface area contributed by atoms with Crippen molar-refractivity contribution >= 4 is 11.8 Å². The van der Waals surface area contributed by atoms with Crippen molar-refractivity contribution in [1.82, 2.24) is 15.1 Å². The van der Waals surface area contributed by atoms with Crippen LogP contribution in [0.3, 0.4) is 0 Å². The Morgan fingerprint density at radius 3 is 2.39 bits per heavy atom. The third-order valence-corrected chi connectivity index (χ3v) is 6.06. The van der Waals surface area contributed by atoms with Crippen molar-refractivity contribution in [2.75, 3.05) is 32.7 Å². The number of aryl methyl sites for hydroxylation is 2. The van der Waals surface area contributed by atoms with Crippen molar-refractivity contribution in [3.05, 3.63) is 34.9 Å². The van der Waals surface area contributed by atoms with Gasteiger partial charge in [-0.2, -0.15) is 0 Å². The number of nitrogens with zero attached hydrogens (tertiary/aromatic N) is 2. The second kappa shape index (κ2) is 9.55. The average molecular weight is 386 g/mol. The molecule has 2 saturated heterocycles. The van der Waals surface area contributed by atoms with Crippen LogP contribution in [0.25, 0.3) is 0 Å². The van der Waals surface area contributed by atoms with Crippen molar-refractivity contribution in [3.8, 4) is 0 Å². The van der Waals surface area contributed by atoms with Gasteiger partial charge in [0.05, 0.1) is 5.92 Å². The average Bonchev–Trinajstić information content (AvgIpc) is 3.19. The summed E-state index contributed by atoms with van der Waals surface area (Å²) in [6.45, 7) is 10.7. The normalized spacial score (nSPS) is 21.5. The molecule has 2 amide bonds. The molecule has 1 aromatic rings. The number of hydrogen-bond donors (Lipinski definition) is 1. The van der Waals surface area contributed by atoms with Crippen molar-refractivity contribution in [3.63, 3.8) is 0 Å². The van der Waals surface area contributed by atoms with E-state index in [9.17, 15) is 9.59 Å². The lowest BCUT2D eigenvalue weighted by Gasteiger charge is -2.33. The fraction of sp³-hybridized carbons (Fsp3) is 0.652. The number of piperidine rings is 1. The predicted octanol–water partition coefficient (Wildman–Crippen LogP) is 3.15. The highest BCUT2D eigenvalue weighted by molar-refractivity contribution is 5.95. The third-order valence-electron chi connectivity index (χ3n) is 6.06. The van der Waals surface area contributed by atoms with E-state index in [1.807, 2.05) is 30.9 Å². The first-order chi connectivity index (χ1) is 13.5. The zero-order chi connectivity index (χ0) is 20.1. The topological polar surface area (TPSA) is 52.7 Å². The van der Waals surface area contributed by atoms with Crippen LogP contribution in [-0.4, -0.2) is 60.4 Å². The van der Waals surface area contributed by atoms with E-state index in [-0.39, 0.29) is 23.8 Å². The molecule has 0 bridgehead atoms. The minimum atomic E-state index is -0.101. The van der Waals surface area contributed by atoms with Crippen LogP contribution in [0.4, 0.5) is 0 Å². The first-order valence-electron chi connectivity index (χ1n) is 10.9. The Hall–Kier alpha value is -1.88. The largest absolute Gasteiger partial charge is 0.352 e. The molecule has 2 atom stereocenters. The Kier molecular flexibility index (Phi) is 7.11. The molecule has 154 valence electrons. The molecular weight excluding hydrogens is 350 g/mol. The molecule has 0 aliphatic carbocycles. The zero-order valence-electron chi connectivity index (χ0n) is 17.7. The molecule has 2 aliphatic heterocycles. The summed E-state index contributed by atoms with van der Waals surface area (Å²) in [5.74, 6) is 0.0635. The summed E-state index contributed by atoms with van der Waals surface area (Å²) in [5, 5.41) is 3.26. The summed E-state index contributed by atoms with van der Waals surface area (Å²) in [6.07, 6.45) is 5.23. The van der Waals surface area contributed by atoms with E-state index < -0.39 is 0 Å². The van der Waals surface area contributed by atoms with Crippen LogP contribution in [0.5, 0.6) is 0 Å². The molecular formula is C23H35N3O2. The molecule has 1 N–H and O–H groups in total. The Labute approximate surface area is 169 Å². The fourth-order valence-electron chi connectivity index (χ4n) is 4.53. The van der Waals surface area contributed by atoms with Crippen LogP contribution in [0.15, 0.2) is 18.2 Å². The molecule has 2 fully saturated rings. The van der Waals surface area contributed by atoms with Crippen LogP contribution >= 0.6 is 0 Å².